The number of nitrogens with zero attached hydrogens (tertiary/aromatic N) is 1. The van der Waals surface area contributed by atoms with Gasteiger partial charge in [0.05, 0.1) is 12.3 Å². The maximum absolute atomic E-state index is 5.82. The summed E-state index contributed by atoms with van der Waals surface area (Å²) in [6.07, 6.45) is -0.0427. The summed E-state index contributed by atoms with van der Waals surface area (Å²) in [5, 5.41) is 2.09. The minimum absolute atomic E-state index is 0.0427. The minimum atomic E-state index is -0.0427. The molecule has 0 aliphatic carbocycles. The van der Waals surface area contributed by atoms with Crippen molar-refractivity contribution in [3.8, 4) is 5.88 Å². The van der Waals surface area contributed by atoms with Crippen LogP contribution in [0.2, 0.25) is 0 Å². The summed E-state index contributed by atoms with van der Waals surface area (Å²) in [5.41, 5.74) is 6.48. The van der Waals surface area contributed by atoms with Gasteiger partial charge in [0.15, 0.2) is 0 Å². The minimum Gasteiger partial charge on any atom is -0.472 e. The van der Waals surface area contributed by atoms with Crippen molar-refractivity contribution in [1.82, 2.24) is 4.98 Å². The SMILES string of the molecule is COCC(C)Oc1nc(CN)cc2ccccc12. The van der Waals surface area contributed by atoms with Crippen molar-refractivity contribution >= 4 is 10.8 Å². The predicted octanol–water partition coefficient (Wildman–Crippen LogP) is 2.11. The molecular formula is C14H18N2O2. The van der Waals surface area contributed by atoms with E-state index in [1.807, 2.05) is 37.3 Å². The molecule has 4 heteroatoms. The normalized spacial score (nSPS) is 12.6. The number of pyridine rings is 1. The zero-order valence-corrected chi connectivity index (χ0v) is 10.7. The number of fused-ring (bicyclic) bond motifs is 1. The Hall–Kier alpha value is -1.65. The number of benzene rings is 1. The third-order valence-electron chi connectivity index (χ3n) is 2.68. The maximum atomic E-state index is 5.82. The molecule has 1 atom stereocenters. The molecule has 0 spiro atoms. The van der Waals surface area contributed by atoms with E-state index >= 15 is 0 Å². The van der Waals surface area contributed by atoms with Crippen molar-refractivity contribution in [2.45, 2.75) is 19.6 Å². The Kier molecular flexibility index (Phi) is 4.12. The van der Waals surface area contributed by atoms with E-state index in [2.05, 4.69) is 4.98 Å². The van der Waals surface area contributed by atoms with Gasteiger partial charge in [-0.3, -0.25) is 0 Å². The lowest BCUT2D eigenvalue weighted by atomic mass is 10.1. The molecule has 0 radical (unpaired) electrons. The third kappa shape index (κ3) is 2.78. The van der Waals surface area contributed by atoms with Crippen molar-refractivity contribution in [3.63, 3.8) is 0 Å². The number of hydrogen-bond acceptors (Lipinski definition) is 4. The summed E-state index contributed by atoms with van der Waals surface area (Å²) >= 11 is 0. The van der Waals surface area contributed by atoms with Crippen LogP contribution in [0.15, 0.2) is 30.3 Å². The molecule has 0 amide bonds. The first-order valence-electron chi connectivity index (χ1n) is 5.99. The first-order chi connectivity index (χ1) is 8.74. The lowest BCUT2D eigenvalue weighted by Gasteiger charge is -2.15. The molecule has 0 aliphatic rings. The van der Waals surface area contributed by atoms with Crippen LogP contribution < -0.4 is 10.5 Å². The van der Waals surface area contributed by atoms with E-state index in [0.29, 0.717) is 19.0 Å². The van der Waals surface area contributed by atoms with Gasteiger partial charge in [-0.25, -0.2) is 4.98 Å². The zero-order valence-electron chi connectivity index (χ0n) is 10.7. The molecule has 0 saturated carbocycles. The molecule has 0 fully saturated rings. The Labute approximate surface area is 107 Å². The van der Waals surface area contributed by atoms with Crippen LogP contribution in [0.3, 0.4) is 0 Å². The smallest absolute Gasteiger partial charge is 0.221 e. The van der Waals surface area contributed by atoms with Gasteiger partial charge >= 0.3 is 0 Å². The molecular weight excluding hydrogens is 228 g/mol. The summed E-state index contributed by atoms with van der Waals surface area (Å²) in [5.74, 6) is 0.623. The number of nitrogens with two attached hydrogens (primary N) is 1. The molecule has 2 N–H and O–H groups in total. The summed E-state index contributed by atoms with van der Waals surface area (Å²) in [6.45, 7) is 2.89. The number of ether oxygens (including phenoxy) is 2. The second-order valence-electron chi connectivity index (χ2n) is 4.23. The second-order valence-corrected chi connectivity index (χ2v) is 4.23. The average Bonchev–Trinajstić information content (AvgIpc) is 2.38. The lowest BCUT2D eigenvalue weighted by Crippen LogP contribution is -2.19. The highest BCUT2D eigenvalue weighted by molar-refractivity contribution is 5.87. The Morgan fingerprint density at radius 1 is 1.33 bits per heavy atom. The molecule has 2 aromatic rings. The van der Waals surface area contributed by atoms with Crippen molar-refractivity contribution in [1.29, 1.82) is 0 Å². The van der Waals surface area contributed by atoms with Crippen LogP contribution >= 0.6 is 0 Å². The van der Waals surface area contributed by atoms with Crippen LogP contribution in [0.1, 0.15) is 12.6 Å². The van der Waals surface area contributed by atoms with Gasteiger partial charge < -0.3 is 15.2 Å². The largest absolute Gasteiger partial charge is 0.472 e. The number of methoxy groups -OCH3 is 1. The highest BCUT2D eigenvalue weighted by atomic mass is 16.5. The van der Waals surface area contributed by atoms with E-state index in [4.69, 9.17) is 15.2 Å². The average molecular weight is 246 g/mol. The summed E-state index contributed by atoms with van der Waals surface area (Å²) in [6, 6.07) is 9.98. The van der Waals surface area contributed by atoms with Crippen LogP contribution in [0.25, 0.3) is 10.8 Å². The van der Waals surface area contributed by atoms with Gasteiger partial charge in [0, 0.05) is 19.0 Å². The van der Waals surface area contributed by atoms with E-state index < -0.39 is 0 Å². The predicted molar refractivity (Wildman–Crippen MR) is 71.6 cm³/mol. The van der Waals surface area contributed by atoms with Crippen molar-refractivity contribution in [2.75, 3.05) is 13.7 Å². The second kappa shape index (κ2) is 5.80. The number of hydrogen-bond donors (Lipinski definition) is 1. The summed E-state index contributed by atoms with van der Waals surface area (Å²) in [7, 11) is 1.65. The molecule has 1 unspecified atom stereocenters. The van der Waals surface area contributed by atoms with E-state index in [1.165, 1.54) is 0 Å². The van der Waals surface area contributed by atoms with Gasteiger partial charge in [-0.05, 0) is 24.4 Å². The van der Waals surface area contributed by atoms with Gasteiger partial charge in [0.1, 0.15) is 6.10 Å². The molecule has 0 saturated heterocycles. The first kappa shape index (κ1) is 12.8. The van der Waals surface area contributed by atoms with Crippen LogP contribution in [-0.2, 0) is 11.3 Å². The zero-order chi connectivity index (χ0) is 13.0. The molecule has 96 valence electrons. The monoisotopic (exact) mass is 246 g/mol. The Bertz CT molecular complexity index is 528. The van der Waals surface area contributed by atoms with Gasteiger partial charge in [-0.2, -0.15) is 0 Å². The fraction of sp³-hybridized carbons (Fsp3) is 0.357. The highest BCUT2D eigenvalue weighted by Gasteiger charge is 2.10. The van der Waals surface area contributed by atoms with Crippen LogP contribution in [-0.4, -0.2) is 24.8 Å². The Morgan fingerprint density at radius 3 is 2.83 bits per heavy atom. The molecule has 0 bridgehead atoms. The van der Waals surface area contributed by atoms with Gasteiger partial charge in [0.2, 0.25) is 5.88 Å². The molecule has 0 aliphatic heterocycles. The number of aromatic nitrogens is 1. The molecule has 1 heterocycles. The fourth-order valence-electron chi connectivity index (χ4n) is 1.87. The maximum Gasteiger partial charge on any atom is 0.221 e. The Morgan fingerprint density at radius 2 is 2.11 bits per heavy atom. The fourth-order valence-corrected chi connectivity index (χ4v) is 1.87. The Balaban J connectivity index is 2.40. The molecule has 1 aromatic heterocycles. The standard InChI is InChI=1S/C14H18N2O2/c1-10(9-17-2)18-14-13-6-4-3-5-11(13)7-12(8-15)16-14/h3-7,10H,8-9,15H2,1-2H3. The van der Waals surface area contributed by atoms with E-state index in [-0.39, 0.29) is 6.10 Å². The van der Waals surface area contributed by atoms with E-state index in [9.17, 15) is 0 Å². The van der Waals surface area contributed by atoms with E-state index in [1.54, 1.807) is 7.11 Å². The summed E-state index contributed by atoms with van der Waals surface area (Å²) < 4.78 is 10.9. The third-order valence-corrected chi connectivity index (χ3v) is 2.68. The van der Waals surface area contributed by atoms with Crippen LogP contribution in [0.5, 0.6) is 5.88 Å². The molecule has 2 rings (SSSR count). The van der Waals surface area contributed by atoms with Gasteiger partial charge in [-0.1, -0.05) is 18.2 Å². The van der Waals surface area contributed by atoms with Gasteiger partial charge in [-0.15, -0.1) is 0 Å². The van der Waals surface area contributed by atoms with Crippen molar-refractivity contribution in [2.24, 2.45) is 5.73 Å². The first-order valence-corrected chi connectivity index (χ1v) is 5.99. The van der Waals surface area contributed by atoms with E-state index in [0.717, 1.165) is 16.5 Å². The van der Waals surface area contributed by atoms with Crippen molar-refractivity contribution < 1.29 is 9.47 Å². The van der Waals surface area contributed by atoms with Gasteiger partial charge in [0.25, 0.3) is 0 Å². The number of rotatable bonds is 5. The van der Waals surface area contributed by atoms with Crippen LogP contribution in [0, 0.1) is 0 Å². The highest BCUT2D eigenvalue weighted by Crippen LogP contribution is 2.25. The summed E-state index contributed by atoms with van der Waals surface area (Å²) in [4.78, 5) is 4.44. The lowest BCUT2D eigenvalue weighted by molar-refractivity contribution is 0.0900. The molecule has 18 heavy (non-hydrogen) atoms. The topological polar surface area (TPSA) is 57.4 Å². The molecule has 1 aromatic carbocycles. The van der Waals surface area contributed by atoms with Crippen LogP contribution in [0.4, 0.5) is 0 Å². The van der Waals surface area contributed by atoms with Crippen molar-refractivity contribution in [3.05, 3.63) is 36.0 Å². The quantitative estimate of drug-likeness (QED) is 0.877. The molecule has 4 nitrogen and oxygen atoms in total.